The Bertz CT molecular complexity index is 565. The number of rotatable bonds is 4. The number of benzene rings is 1. The van der Waals surface area contributed by atoms with Crippen molar-refractivity contribution in [2.75, 3.05) is 0 Å². The van der Waals surface area contributed by atoms with E-state index in [1.165, 1.54) is 30.9 Å². The predicted molar refractivity (Wildman–Crippen MR) is 60.6 cm³/mol. The molecule has 7 nitrogen and oxygen atoms in total. The molecule has 0 aliphatic rings. The topological polar surface area (TPSA) is 87.3 Å². The van der Waals surface area contributed by atoms with E-state index in [4.69, 9.17) is 4.84 Å². The summed E-state index contributed by atoms with van der Waals surface area (Å²) in [5, 5.41) is 10.8. The number of aromatic nitrogens is 2. The zero-order chi connectivity index (χ0) is 13.0. The molecule has 0 aliphatic heterocycles. The highest BCUT2D eigenvalue weighted by Crippen LogP contribution is 2.18. The Kier molecular flexibility index (Phi) is 3.33. The van der Waals surface area contributed by atoms with Crippen molar-refractivity contribution in [1.29, 1.82) is 0 Å². The Labute approximate surface area is 102 Å². The van der Waals surface area contributed by atoms with Gasteiger partial charge in [-0.1, -0.05) is 18.2 Å². The fraction of sp³-hybridized carbons (Fsp3) is 0.0909. The van der Waals surface area contributed by atoms with E-state index in [9.17, 15) is 14.9 Å². The van der Waals surface area contributed by atoms with Crippen LogP contribution in [-0.4, -0.2) is 20.6 Å². The molecule has 2 aromatic rings. The van der Waals surface area contributed by atoms with Crippen LogP contribution in [0.2, 0.25) is 0 Å². The van der Waals surface area contributed by atoms with Gasteiger partial charge in [0.25, 0.3) is 5.69 Å². The summed E-state index contributed by atoms with van der Waals surface area (Å²) < 4.78 is 1.14. The Balaban J connectivity index is 2.09. The van der Waals surface area contributed by atoms with E-state index >= 15 is 0 Å². The average molecular weight is 247 g/mol. The molecule has 0 unspecified atom stereocenters. The minimum atomic E-state index is -0.595. The lowest BCUT2D eigenvalue weighted by molar-refractivity contribution is -0.385. The number of carbonyl (C=O) groups excluding carboxylic acids is 1. The molecular weight excluding hydrogens is 238 g/mol. The van der Waals surface area contributed by atoms with Gasteiger partial charge < -0.3 is 4.84 Å². The normalized spacial score (nSPS) is 10.0. The van der Waals surface area contributed by atoms with E-state index in [0.717, 1.165) is 4.73 Å². The van der Waals surface area contributed by atoms with Gasteiger partial charge in [0, 0.05) is 17.8 Å². The molecule has 1 aromatic carbocycles. The third-order valence-electron chi connectivity index (χ3n) is 2.21. The summed E-state index contributed by atoms with van der Waals surface area (Å²) in [6.07, 6.45) is 4.06. The first-order valence-electron chi connectivity index (χ1n) is 5.08. The van der Waals surface area contributed by atoms with Crippen molar-refractivity contribution >= 4 is 11.7 Å². The lowest BCUT2D eigenvalue weighted by Crippen LogP contribution is -2.20. The Morgan fingerprint density at radius 3 is 2.89 bits per heavy atom. The molecule has 0 saturated carbocycles. The highest BCUT2D eigenvalue weighted by Gasteiger charge is 2.16. The van der Waals surface area contributed by atoms with E-state index in [1.54, 1.807) is 12.1 Å². The zero-order valence-electron chi connectivity index (χ0n) is 9.22. The molecule has 2 rings (SSSR count). The van der Waals surface area contributed by atoms with Crippen LogP contribution in [0.15, 0.2) is 43.0 Å². The van der Waals surface area contributed by atoms with E-state index in [-0.39, 0.29) is 12.1 Å². The molecule has 0 saturated heterocycles. The van der Waals surface area contributed by atoms with Crippen LogP contribution in [0, 0.1) is 10.1 Å². The lowest BCUT2D eigenvalue weighted by Gasteiger charge is -2.04. The average Bonchev–Trinajstić information content (AvgIpc) is 2.82. The van der Waals surface area contributed by atoms with Crippen LogP contribution in [-0.2, 0) is 11.2 Å². The smallest absolute Gasteiger partial charge is 0.335 e. The van der Waals surface area contributed by atoms with Crippen LogP contribution in [0.25, 0.3) is 0 Å². The maximum Gasteiger partial charge on any atom is 0.337 e. The highest BCUT2D eigenvalue weighted by molar-refractivity contribution is 5.74. The van der Waals surface area contributed by atoms with Crippen molar-refractivity contribution in [3.8, 4) is 0 Å². The lowest BCUT2D eigenvalue weighted by atomic mass is 10.1. The summed E-state index contributed by atoms with van der Waals surface area (Å²) in [4.78, 5) is 30.4. The van der Waals surface area contributed by atoms with Crippen molar-refractivity contribution in [3.63, 3.8) is 0 Å². The molecule has 0 aliphatic carbocycles. The Morgan fingerprint density at radius 1 is 1.44 bits per heavy atom. The third kappa shape index (κ3) is 2.70. The molecule has 7 heteroatoms. The van der Waals surface area contributed by atoms with Gasteiger partial charge in [0.2, 0.25) is 0 Å². The minimum Gasteiger partial charge on any atom is -0.335 e. The quantitative estimate of drug-likeness (QED) is 0.593. The van der Waals surface area contributed by atoms with Gasteiger partial charge in [-0.15, -0.1) is 0 Å². The molecule has 0 spiro atoms. The van der Waals surface area contributed by atoms with Crippen LogP contribution in [0.3, 0.4) is 0 Å². The monoisotopic (exact) mass is 247 g/mol. The van der Waals surface area contributed by atoms with Gasteiger partial charge in [-0.25, -0.2) is 9.78 Å². The molecule has 0 amide bonds. The van der Waals surface area contributed by atoms with Crippen molar-refractivity contribution in [3.05, 3.63) is 58.7 Å². The third-order valence-corrected chi connectivity index (χ3v) is 2.21. The fourth-order valence-corrected chi connectivity index (χ4v) is 1.44. The van der Waals surface area contributed by atoms with Crippen LogP contribution in [0.1, 0.15) is 5.56 Å². The van der Waals surface area contributed by atoms with Crippen molar-refractivity contribution < 1.29 is 14.6 Å². The number of imidazole rings is 1. The SMILES string of the molecule is O=C(Cc1ccccc1[N+](=O)[O-])On1ccnc1. The van der Waals surface area contributed by atoms with Gasteiger partial charge in [0.1, 0.15) is 6.33 Å². The molecular formula is C11H9N3O4. The van der Waals surface area contributed by atoms with Gasteiger partial charge in [-0.05, 0) is 0 Å². The van der Waals surface area contributed by atoms with Gasteiger partial charge >= 0.3 is 5.97 Å². The summed E-state index contributed by atoms with van der Waals surface area (Å²) in [6, 6.07) is 6.04. The van der Waals surface area contributed by atoms with Crippen LogP contribution in [0.5, 0.6) is 0 Å². The second-order valence-electron chi connectivity index (χ2n) is 3.45. The number of carbonyl (C=O) groups is 1. The first kappa shape index (κ1) is 11.8. The number of nitro groups is 1. The van der Waals surface area contributed by atoms with Gasteiger partial charge in [-0.3, -0.25) is 10.1 Å². The van der Waals surface area contributed by atoms with Crippen LogP contribution < -0.4 is 4.84 Å². The summed E-state index contributed by atoms with van der Waals surface area (Å²) >= 11 is 0. The molecule has 92 valence electrons. The predicted octanol–water partition coefficient (Wildman–Crippen LogP) is 0.989. The Morgan fingerprint density at radius 2 is 2.22 bits per heavy atom. The largest absolute Gasteiger partial charge is 0.337 e. The van der Waals surface area contributed by atoms with Crippen molar-refractivity contribution in [2.45, 2.75) is 6.42 Å². The van der Waals surface area contributed by atoms with Crippen LogP contribution >= 0.6 is 0 Å². The number of nitro benzene ring substituents is 1. The molecule has 18 heavy (non-hydrogen) atoms. The standard InChI is InChI=1S/C11H9N3O4/c15-11(18-13-6-5-12-8-13)7-9-3-1-2-4-10(9)14(16)17/h1-6,8H,7H2. The van der Waals surface area contributed by atoms with Gasteiger partial charge in [0.15, 0.2) is 0 Å². The molecule has 0 atom stereocenters. The number of nitrogens with zero attached hydrogens (tertiary/aromatic N) is 3. The second kappa shape index (κ2) is 5.09. The Hall–Kier alpha value is -2.70. The summed E-state index contributed by atoms with van der Waals surface area (Å²) in [5.74, 6) is -0.595. The highest BCUT2D eigenvalue weighted by atomic mass is 16.7. The van der Waals surface area contributed by atoms with E-state index in [2.05, 4.69) is 4.98 Å². The van der Waals surface area contributed by atoms with Crippen molar-refractivity contribution in [1.82, 2.24) is 9.71 Å². The summed E-state index contributed by atoms with van der Waals surface area (Å²) in [6.45, 7) is 0. The van der Waals surface area contributed by atoms with Gasteiger partial charge in [0.05, 0.1) is 17.5 Å². The molecule has 1 heterocycles. The molecule has 0 fully saturated rings. The maximum atomic E-state index is 11.6. The first-order chi connectivity index (χ1) is 8.66. The van der Waals surface area contributed by atoms with E-state index in [0.29, 0.717) is 5.56 Å². The number of hydrogen-bond donors (Lipinski definition) is 0. The van der Waals surface area contributed by atoms with Crippen LogP contribution in [0.4, 0.5) is 5.69 Å². The molecule has 0 bridgehead atoms. The summed E-state index contributed by atoms with van der Waals surface area (Å²) in [5.41, 5.74) is 0.215. The summed E-state index contributed by atoms with van der Waals surface area (Å²) in [7, 11) is 0. The second-order valence-corrected chi connectivity index (χ2v) is 3.45. The van der Waals surface area contributed by atoms with E-state index < -0.39 is 10.9 Å². The molecule has 0 radical (unpaired) electrons. The van der Waals surface area contributed by atoms with Gasteiger partial charge in [-0.2, -0.15) is 4.73 Å². The maximum absolute atomic E-state index is 11.6. The fourth-order valence-electron chi connectivity index (χ4n) is 1.44. The molecule has 0 N–H and O–H groups in total. The first-order valence-corrected chi connectivity index (χ1v) is 5.08. The minimum absolute atomic E-state index is 0.0971. The molecule has 1 aromatic heterocycles. The zero-order valence-corrected chi connectivity index (χ0v) is 9.22. The number of hydrogen-bond acceptors (Lipinski definition) is 5. The number of para-hydroxylation sites is 1. The van der Waals surface area contributed by atoms with Crippen molar-refractivity contribution in [2.24, 2.45) is 0 Å². The van der Waals surface area contributed by atoms with E-state index in [1.807, 2.05) is 0 Å².